The van der Waals surface area contributed by atoms with Crippen LogP contribution in [0.2, 0.25) is 0 Å². The van der Waals surface area contributed by atoms with Crippen LogP contribution in [-0.4, -0.2) is 82.5 Å². The van der Waals surface area contributed by atoms with Gasteiger partial charge in [0, 0.05) is 45.2 Å². The summed E-state index contributed by atoms with van der Waals surface area (Å²) in [6.07, 6.45) is -0.514. The molecular formula is C21H29N7O4S3. The number of nitrogens with zero attached hydrogens (tertiary/aromatic N) is 5. The molecule has 0 aliphatic carbocycles. The predicted molar refractivity (Wildman–Crippen MR) is 138 cm³/mol. The highest BCUT2D eigenvalue weighted by Gasteiger charge is 2.32. The van der Waals surface area contributed by atoms with Gasteiger partial charge in [0.15, 0.2) is 9.34 Å². The van der Waals surface area contributed by atoms with E-state index in [-0.39, 0.29) is 15.4 Å². The van der Waals surface area contributed by atoms with Crippen LogP contribution >= 0.6 is 22.7 Å². The van der Waals surface area contributed by atoms with Crippen LogP contribution in [0.25, 0.3) is 10.2 Å². The number of anilines is 2. The minimum Gasteiger partial charge on any atom is -0.465 e. The number of amides is 1. The number of thiazole rings is 1. The number of thiophene rings is 1. The van der Waals surface area contributed by atoms with Crippen molar-refractivity contribution in [2.45, 2.75) is 44.4 Å². The lowest BCUT2D eigenvalue weighted by atomic mass is 10.2. The minimum absolute atomic E-state index is 0.0538. The van der Waals surface area contributed by atoms with Gasteiger partial charge in [-0.05, 0) is 31.7 Å². The van der Waals surface area contributed by atoms with E-state index in [2.05, 4.69) is 44.7 Å². The van der Waals surface area contributed by atoms with E-state index in [9.17, 15) is 13.2 Å². The maximum Gasteiger partial charge on any atom is 0.410 e. The van der Waals surface area contributed by atoms with Crippen molar-refractivity contribution in [3.63, 3.8) is 0 Å². The molecule has 1 saturated heterocycles. The molecule has 3 aromatic heterocycles. The van der Waals surface area contributed by atoms with E-state index in [1.54, 1.807) is 18.3 Å². The Morgan fingerprint density at radius 1 is 1.20 bits per heavy atom. The number of rotatable bonds is 8. The SMILES string of the molecule is CCc1nc(N[C@@H](C)CN2CCN(S(=O)(=O)c3sc(NC(=O)O)nc3C)CC2)c2scc(C)c2n1. The lowest BCUT2D eigenvalue weighted by Crippen LogP contribution is -2.50. The zero-order chi connectivity index (χ0) is 25.3. The third-order valence-electron chi connectivity index (χ3n) is 5.74. The van der Waals surface area contributed by atoms with Gasteiger partial charge in [-0.15, -0.1) is 11.3 Å². The molecule has 14 heteroatoms. The molecule has 35 heavy (non-hydrogen) atoms. The molecule has 11 nitrogen and oxygen atoms in total. The van der Waals surface area contributed by atoms with Gasteiger partial charge in [-0.3, -0.25) is 10.2 Å². The average molecular weight is 540 g/mol. The molecule has 0 aromatic carbocycles. The van der Waals surface area contributed by atoms with E-state index in [1.165, 1.54) is 4.31 Å². The minimum atomic E-state index is -3.74. The molecule has 0 spiro atoms. The number of piperazine rings is 1. The normalized spacial score (nSPS) is 16.5. The molecule has 0 bridgehead atoms. The van der Waals surface area contributed by atoms with Gasteiger partial charge in [0.05, 0.1) is 15.9 Å². The van der Waals surface area contributed by atoms with Crippen LogP contribution < -0.4 is 10.6 Å². The van der Waals surface area contributed by atoms with Gasteiger partial charge in [0.2, 0.25) is 0 Å². The summed E-state index contributed by atoms with van der Waals surface area (Å²) in [6.45, 7) is 10.4. The second-order valence-corrected chi connectivity index (χ2v) is 12.5. The van der Waals surface area contributed by atoms with Crippen molar-refractivity contribution in [3.8, 4) is 0 Å². The Morgan fingerprint density at radius 3 is 2.57 bits per heavy atom. The van der Waals surface area contributed by atoms with Gasteiger partial charge in [0.25, 0.3) is 10.0 Å². The number of carboxylic acid groups (broad SMARTS) is 1. The Morgan fingerprint density at radius 2 is 1.91 bits per heavy atom. The summed E-state index contributed by atoms with van der Waals surface area (Å²) in [4.78, 5) is 26.5. The third kappa shape index (κ3) is 5.56. The number of nitrogens with one attached hydrogen (secondary N) is 2. The zero-order valence-corrected chi connectivity index (χ0v) is 22.5. The van der Waals surface area contributed by atoms with E-state index >= 15 is 0 Å². The number of hydrogen-bond donors (Lipinski definition) is 3. The van der Waals surface area contributed by atoms with Crippen LogP contribution in [0.5, 0.6) is 0 Å². The second-order valence-electron chi connectivity index (χ2n) is 8.51. The molecule has 3 N–H and O–H groups in total. The smallest absolute Gasteiger partial charge is 0.410 e. The van der Waals surface area contributed by atoms with Crippen LogP contribution in [-0.2, 0) is 16.4 Å². The third-order valence-corrected chi connectivity index (χ3v) is 10.4. The lowest BCUT2D eigenvalue weighted by molar-refractivity contribution is 0.184. The van der Waals surface area contributed by atoms with E-state index in [1.807, 2.05) is 6.92 Å². The van der Waals surface area contributed by atoms with Crippen molar-refractivity contribution in [2.24, 2.45) is 0 Å². The largest absolute Gasteiger partial charge is 0.465 e. The van der Waals surface area contributed by atoms with Crippen LogP contribution in [0.4, 0.5) is 15.7 Å². The Labute approximate surface area is 212 Å². The van der Waals surface area contributed by atoms with E-state index in [0.29, 0.717) is 31.9 Å². The molecule has 190 valence electrons. The summed E-state index contributed by atoms with van der Waals surface area (Å²) >= 11 is 2.48. The number of aryl methyl sites for hydroxylation is 3. The van der Waals surface area contributed by atoms with Gasteiger partial charge in [-0.25, -0.2) is 28.2 Å². The highest BCUT2D eigenvalue weighted by Crippen LogP contribution is 2.31. The molecule has 4 heterocycles. The number of aromatic nitrogens is 3. The molecule has 1 aliphatic rings. The van der Waals surface area contributed by atoms with E-state index in [4.69, 9.17) is 10.1 Å². The van der Waals surface area contributed by atoms with Crippen molar-refractivity contribution in [2.75, 3.05) is 43.4 Å². The average Bonchev–Trinajstić information content (AvgIpc) is 3.36. The van der Waals surface area contributed by atoms with E-state index in [0.717, 1.165) is 51.7 Å². The predicted octanol–water partition coefficient (Wildman–Crippen LogP) is 3.22. The highest BCUT2D eigenvalue weighted by molar-refractivity contribution is 7.91. The summed E-state index contributed by atoms with van der Waals surface area (Å²) in [5.74, 6) is 1.66. The lowest BCUT2D eigenvalue weighted by Gasteiger charge is -2.35. The molecular weight excluding hydrogens is 510 g/mol. The summed E-state index contributed by atoms with van der Waals surface area (Å²) in [7, 11) is -3.74. The highest BCUT2D eigenvalue weighted by atomic mass is 32.2. The monoisotopic (exact) mass is 539 g/mol. The number of carbonyl (C=O) groups is 1. The summed E-state index contributed by atoms with van der Waals surface area (Å²) in [6, 6.07) is 0.108. The number of fused-ring (bicyclic) bond motifs is 1. The topological polar surface area (TPSA) is 141 Å². The Bertz CT molecular complexity index is 1330. The Balaban J connectivity index is 1.38. The second kappa shape index (κ2) is 10.3. The summed E-state index contributed by atoms with van der Waals surface area (Å²) in [5.41, 5.74) is 2.44. The Kier molecular flexibility index (Phi) is 7.57. The first-order valence-corrected chi connectivity index (χ1v) is 14.4. The van der Waals surface area contributed by atoms with Crippen molar-refractivity contribution in [1.82, 2.24) is 24.2 Å². The van der Waals surface area contributed by atoms with Crippen LogP contribution in [0, 0.1) is 13.8 Å². The van der Waals surface area contributed by atoms with Crippen molar-refractivity contribution in [1.29, 1.82) is 0 Å². The summed E-state index contributed by atoms with van der Waals surface area (Å²) < 4.78 is 28.9. The fraction of sp³-hybridized carbons (Fsp3) is 0.524. The van der Waals surface area contributed by atoms with Crippen LogP contribution in [0.3, 0.4) is 0 Å². The molecule has 4 rings (SSSR count). The Hall–Kier alpha value is -2.39. The van der Waals surface area contributed by atoms with Crippen molar-refractivity contribution in [3.05, 3.63) is 22.5 Å². The fourth-order valence-corrected chi connectivity index (χ4v) is 7.94. The standard InChI is InChI=1S/C21H29N7O4S3/c1-5-15-24-16-12(2)11-33-17(16)18(25-15)22-13(3)10-27-6-8-28(9-7-27)35(31,32)19-14(4)23-20(34-19)26-21(29)30/h11,13H,5-10H2,1-4H3,(H,23,26)(H,29,30)(H,22,24,25)/t13-/m0/s1. The van der Waals surface area contributed by atoms with Gasteiger partial charge in [-0.2, -0.15) is 4.31 Å². The van der Waals surface area contributed by atoms with Gasteiger partial charge < -0.3 is 10.4 Å². The first kappa shape index (κ1) is 25.7. The number of sulfonamides is 1. The first-order chi connectivity index (χ1) is 16.6. The molecule has 1 fully saturated rings. The maximum atomic E-state index is 13.1. The molecule has 1 aliphatic heterocycles. The fourth-order valence-electron chi connectivity index (χ4n) is 4.04. The van der Waals surface area contributed by atoms with Crippen molar-refractivity contribution < 1.29 is 18.3 Å². The molecule has 1 atom stereocenters. The van der Waals surface area contributed by atoms with Crippen molar-refractivity contribution >= 4 is 60.0 Å². The molecule has 0 radical (unpaired) electrons. The first-order valence-electron chi connectivity index (χ1n) is 11.3. The van der Waals surface area contributed by atoms with Crippen LogP contribution in [0.1, 0.15) is 30.9 Å². The summed E-state index contributed by atoms with van der Waals surface area (Å²) in [5, 5.41) is 16.7. The van der Waals surface area contributed by atoms with Gasteiger partial charge in [0.1, 0.15) is 11.6 Å². The molecule has 1 amide bonds. The maximum absolute atomic E-state index is 13.1. The molecule has 3 aromatic rings. The van der Waals surface area contributed by atoms with Gasteiger partial charge in [-0.1, -0.05) is 18.3 Å². The molecule has 0 unspecified atom stereocenters. The zero-order valence-electron chi connectivity index (χ0n) is 20.0. The van der Waals surface area contributed by atoms with E-state index < -0.39 is 16.1 Å². The quantitative estimate of drug-likeness (QED) is 0.393. The van der Waals surface area contributed by atoms with Gasteiger partial charge >= 0.3 is 6.09 Å². The van der Waals surface area contributed by atoms with Crippen LogP contribution in [0.15, 0.2) is 9.59 Å². The molecule has 0 saturated carbocycles. The number of hydrogen-bond acceptors (Lipinski definition) is 10.